The molecule has 2 rings (SSSR count). The van der Waals surface area contributed by atoms with E-state index < -0.39 is 0 Å². The van der Waals surface area contributed by atoms with Crippen molar-refractivity contribution >= 4 is 10.8 Å². The van der Waals surface area contributed by atoms with Crippen molar-refractivity contribution in [1.82, 2.24) is 0 Å². The molecule has 0 fully saturated rings. The van der Waals surface area contributed by atoms with Crippen LogP contribution in [0.5, 0.6) is 0 Å². The second-order valence-electron chi connectivity index (χ2n) is 3.33. The molecule has 2 aromatic rings. The van der Waals surface area contributed by atoms with E-state index in [4.69, 9.17) is 5.73 Å². The molecular formula is C12H12AcN-. The summed E-state index contributed by atoms with van der Waals surface area (Å²) in [6.45, 7) is 1.89. The van der Waals surface area contributed by atoms with Crippen molar-refractivity contribution in [2.75, 3.05) is 0 Å². The standard InChI is InChI=1S/C12H12N.Ac/c1-9(13)11-7-6-10-4-2-3-5-12(10)8-11;/h2-9,13H,1H3;/q-1;. The maximum atomic E-state index is 7.59. The van der Waals surface area contributed by atoms with E-state index in [2.05, 4.69) is 24.3 Å². The van der Waals surface area contributed by atoms with E-state index in [0.29, 0.717) is 0 Å². The average molecular weight is 397 g/mol. The van der Waals surface area contributed by atoms with Gasteiger partial charge >= 0.3 is 0 Å². The van der Waals surface area contributed by atoms with Crippen LogP contribution < -0.4 is 0 Å². The van der Waals surface area contributed by atoms with Crippen molar-refractivity contribution in [3.8, 4) is 0 Å². The molecule has 2 heteroatoms. The maximum Gasteiger partial charge on any atom is 0 e. The van der Waals surface area contributed by atoms with E-state index in [1.807, 2.05) is 25.1 Å². The van der Waals surface area contributed by atoms with Gasteiger partial charge in [-0.1, -0.05) is 55.0 Å². The topological polar surface area (TPSA) is 23.8 Å². The van der Waals surface area contributed by atoms with Crippen molar-refractivity contribution in [3.63, 3.8) is 0 Å². The zero-order valence-corrected chi connectivity index (χ0v) is 12.9. The van der Waals surface area contributed by atoms with E-state index in [0.717, 1.165) is 5.56 Å². The summed E-state index contributed by atoms with van der Waals surface area (Å²) in [7, 11) is 0. The fraction of sp³-hybridized carbons (Fsp3) is 0.167. The summed E-state index contributed by atoms with van der Waals surface area (Å²) < 4.78 is 0. The summed E-state index contributed by atoms with van der Waals surface area (Å²) in [5.41, 5.74) is 8.68. The van der Waals surface area contributed by atoms with Gasteiger partial charge in [-0.05, 0) is 10.8 Å². The third-order valence-electron chi connectivity index (χ3n) is 2.27. The van der Waals surface area contributed by atoms with Crippen molar-refractivity contribution in [1.29, 1.82) is 0 Å². The van der Waals surface area contributed by atoms with Crippen LogP contribution in [0.4, 0.5) is 0 Å². The predicted octanol–water partition coefficient (Wildman–Crippen LogP) is 3.95. The van der Waals surface area contributed by atoms with Crippen LogP contribution in [0, 0.1) is 44.1 Å². The largest absolute Gasteiger partial charge is 0.671 e. The summed E-state index contributed by atoms with van der Waals surface area (Å²) in [6, 6.07) is 14.3. The van der Waals surface area contributed by atoms with Crippen LogP contribution in [0.1, 0.15) is 18.5 Å². The second kappa shape index (κ2) is 5.26. The van der Waals surface area contributed by atoms with Gasteiger partial charge in [-0.3, -0.25) is 0 Å². The van der Waals surface area contributed by atoms with Crippen LogP contribution in [-0.2, 0) is 0 Å². The van der Waals surface area contributed by atoms with Gasteiger partial charge < -0.3 is 5.73 Å². The Morgan fingerprint density at radius 2 is 1.64 bits per heavy atom. The quantitative estimate of drug-likeness (QED) is 0.696. The summed E-state index contributed by atoms with van der Waals surface area (Å²) in [4.78, 5) is 0. The Morgan fingerprint density at radius 3 is 2.29 bits per heavy atom. The van der Waals surface area contributed by atoms with Gasteiger partial charge in [0.1, 0.15) is 0 Å². The Hall–Kier alpha value is 0.102. The minimum atomic E-state index is -0.135. The Balaban J connectivity index is 0.000000980. The molecule has 69 valence electrons. The second-order valence-corrected chi connectivity index (χ2v) is 3.33. The van der Waals surface area contributed by atoms with Crippen LogP contribution in [0.2, 0.25) is 0 Å². The van der Waals surface area contributed by atoms with Crippen LogP contribution in [0.25, 0.3) is 16.5 Å². The Kier molecular flexibility index (Phi) is 4.57. The van der Waals surface area contributed by atoms with Gasteiger partial charge in [-0.15, -0.1) is 6.04 Å². The first kappa shape index (κ1) is 12.2. The van der Waals surface area contributed by atoms with Crippen molar-refractivity contribution in [2.24, 2.45) is 0 Å². The smallest absolute Gasteiger partial charge is 0 e. The van der Waals surface area contributed by atoms with E-state index >= 15 is 0 Å². The number of nitrogens with one attached hydrogen (secondary N) is 1. The van der Waals surface area contributed by atoms with Crippen molar-refractivity contribution in [2.45, 2.75) is 13.0 Å². The van der Waals surface area contributed by atoms with E-state index in [9.17, 15) is 0 Å². The minimum Gasteiger partial charge on any atom is -0.671 e. The fourth-order valence-electron chi connectivity index (χ4n) is 1.48. The SMILES string of the molecule is CC([NH-])c1ccc2ccccc2c1.[Ac]. The maximum absolute atomic E-state index is 7.59. The normalized spacial score (nSPS) is 12.1. The molecular weight excluding hydrogens is 385 g/mol. The van der Waals surface area contributed by atoms with E-state index in [-0.39, 0.29) is 50.1 Å². The summed E-state index contributed by atoms with van der Waals surface area (Å²) in [6.07, 6.45) is 0. The first-order valence-electron chi connectivity index (χ1n) is 4.47. The molecule has 0 aliphatic rings. The van der Waals surface area contributed by atoms with Gasteiger partial charge in [-0.25, -0.2) is 0 Å². The third kappa shape index (κ3) is 2.57. The Labute approximate surface area is 120 Å². The third-order valence-corrected chi connectivity index (χ3v) is 2.27. The summed E-state index contributed by atoms with van der Waals surface area (Å²) in [5.74, 6) is 0. The molecule has 1 atom stereocenters. The number of fused-ring (bicyclic) bond motifs is 1. The van der Waals surface area contributed by atoms with Gasteiger partial charge in [0, 0.05) is 44.1 Å². The average Bonchev–Trinajstić information content (AvgIpc) is 2.17. The molecule has 1 N–H and O–H groups in total. The fourth-order valence-corrected chi connectivity index (χ4v) is 1.48. The van der Waals surface area contributed by atoms with Crippen LogP contribution in [0.15, 0.2) is 42.5 Å². The van der Waals surface area contributed by atoms with Gasteiger partial charge in [0.2, 0.25) is 0 Å². The molecule has 1 unspecified atom stereocenters. The molecule has 0 aromatic heterocycles. The first-order valence-corrected chi connectivity index (χ1v) is 4.47. The molecule has 0 spiro atoms. The molecule has 0 aliphatic heterocycles. The van der Waals surface area contributed by atoms with Gasteiger partial charge in [0.25, 0.3) is 0 Å². The van der Waals surface area contributed by atoms with Crippen LogP contribution >= 0.6 is 0 Å². The molecule has 0 aliphatic carbocycles. The van der Waals surface area contributed by atoms with Crippen LogP contribution in [0.3, 0.4) is 0 Å². The number of rotatable bonds is 1. The molecule has 2 aromatic carbocycles. The number of hydrogen-bond donors (Lipinski definition) is 0. The molecule has 0 heterocycles. The van der Waals surface area contributed by atoms with Gasteiger partial charge in [0.15, 0.2) is 0 Å². The molecule has 1 radical (unpaired) electrons. The Bertz CT molecular complexity index is 423. The van der Waals surface area contributed by atoms with E-state index in [1.54, 1.807) is 0 Å². The number of hydrogen-bond acceptors (Lipinski definition) is 0. The minimum absolute atomic E-state index is 0. The molecule has 14 heavy (non-hydrogen) atoms. The van der Waals surface area contributed by atoms with Gasteiger partial charge in [-0.2, -0.15) is 0 Å². The molecule has 1 nitrogen and oxygen atoms in total. The molecule has 0 bridgehead atoms. The van der Waals surface area contributed by atoms with Crippen molar-refractivity contribution < 1.29 is 44.1 Å². The van der Waals surface area contributed by atoms with Crippen molar-refractivity contribution in [3.05, 3.63) is 53.8 Å². The first-order chi connectivity index (χ1) is 6.27. The zero-order valence-electron chi connectivity index (χ0n) is 8.20. The molecule has 0 saturated heterocycles. The number of benzene rings is 2. The monoisotopic (exact) mass is 397 g/mol. The predicted molar refractivity (Wildman–Crippen MR) is 56.7 cm³/mol. The Morgan fingerprint density at radius 1 is 1.00 bits per heavy atom. The summed E-state index contributed by atoms with van der Waals surface area (Å²) >= 11 is 0. The summed E-state index contributed by atoms with van der Waals surface area (Å²) in [5, 5.41) is 2.46. The van der Waals surface area contributed by atoms with E-state index in [1.165, 1.54) is 10.8 Å². The van der Waals surface area contributed by atoms with Crippen LogP contribution in [-0.4, -0.2) is 0 Å². The van der Waals surface area contributed by atoms with Gasteiger partial charge in [0.05, 0.1) is 0 Å². The zero-order chi connectivity index (χ0) is 9.26. The molecule has 0 saturated carbocycles. The molecule has 0 amide bonds.